The van der Waals surface area contributed by atoms with Gasteiger partial charge in [-0.25, -0.2) is 0 Å². The van der Waals surface area contributed by atoms with Gasteiger partial charge in [-0.3, -0.25) is 0 Å². The first-order chi connectivity index (χ1) is 6.18. The van der Waals surface area contributed by atoms with Crippen LogP contribution in [0.5, 0.6) is 5.75 Å². The molecule has 0 heterocycles. The van der Waals surface area contributed by atoms with E-state index < -0.39 is 0 Å². The maximum atomic E-state index is 9.57. The molecule has 0 aliphatic heterocycles. The molecule has 0 saturated heterocycles. The Bertz CT molecular complexity index is 323. The Balaban J connectivity index is 2.28. The quantitative estimate of drug-likeness (QED) is 0.765. The molecule has 0 amide bonds. The lowest BCUT2D eigenvalue weighted by molar-refractivity contribution is 0.456. The SMILES string of the molecule is N[C@H](c1ccc(Cl)cc1O)C1CC1. The Hall–Kier alpha value is -0.730. The van der Waals surface area contributed by atoms with Crippen molar-refractivity contribution < 1.29 is 5.11 Å². The van der Waals surface area contributed by atoms with Gasteiger partial charge in [-0.15, -0.1) is 0 Å². The first-order valence-electron chi connectivity index (χ1n) is 4.42. The molecule has 1 aliphatic carbocycles. The van der Waals surface area contributed by atoms with Crippen molar-refractivity contribution in [2.45, 2.75) is 18.9 Å². The number of benzene rings is 1. The number of rotatable bonds is 2. The van der Waals surface area contributed by atoms with Crippen LogP contribution in [0.4, 0.5) is 0 Å². The van der Waals surface area contributed by atoms with Gasteiger partial charge >= 0.3 is 0 Å². The molecule has 3 N–H and O–H groups in total. The molecule has 2 nitrogen and oxygen atoms in total. The molecule has 2 rings (SSSR count). The Labute approximate surface area is 82.3 Å². The number of halogens is 1. The van der Waals surface area contributed by atoms with Crippen LogP contribution in [0.15, 0.2) is 18.2 Å². The Morgan fingerprint density at radius 2 is 2.15 bits per heavy atom. The first kappa shape index (κ1) is 8.85. The van der Waals surface area contributed by atoms with Gasteiger partial charge in [-0.2, -0.15) is 0 Å². The minimum Gasteiger partial charge on any atom is -0.508 e. The standard InChI is InChI=1S/C10H12ClNO/c11-7-3-4-8(9(13)5-7)10(12)6-1-2-6/h3-6,10,13H,1-2,12H2/t10-/m0/s1. The number of nitrogens with two attached hydrogens (primary N) is 1. The average molecular weight is 198 g/mol. The van der Waals surface area contributed by atoms with Gasteiger partial charge in [0.15, 0.2) is 0 Å². The van der Waals surface area contributed by atoms with Gasteiger partial charge in [0.1, 0.15) is 5.75 Å². The third-order valence-electron chi connectivity index (χ3n) is 2.48. The molecule has 1 atom stereocenters. The maximum absolute atomic E-state index is 9.57. The van der Waals surface area contributed by atoms with Crippen molar-refractivity contribution in [3.8, 4) is 5.75 Å². The Kier molecular flexibility index (Phi) is 2.18. The van der Waals surface area contributed by atoms with Gasteiger partial charge in [-0.1, -0.05) is 17.7 Å². The lowest BCUT2D eigenvalue weighted by Crippen LogP contribution is -2.12. The summed E-state index contributed by atoms with van der Waals surface area (Å²) in [6.07, 6.45) is 2.34. The number of hydrogen-bond donors (Lipinski definition) is 2. The topological polar surface area (TPSA) is 46.2 Å². The highest BCUT2D eigenvalue weighted by Crippen LogP contribution is 2.42. The van der Waals surface area contributed by atoms with Crippen LogP contribution in [0.1, 0.15) is 24.4 Å². The van der Waals surface area contributed by atoms with Crippen LogP contribution in [0.2, 0.25) is 5.02 Å². The van der Waals surface area contributed by atoms with E-state index in [2.05, 4.69) is 0 Å². The normalized spacial score (nSPS) is 18.6. The first-order valence-corrected chi connectivity index (χ1v) is 4.80. The highest BCUT2D eigenvalue weighted by atomic mass is 35.5. The molecule has 70 valence electrons. The molecule has 13 heavy (non-hydrogen) atoms. The van der Waals surface area contributed by atoms with Crippen molar-refractivity contribution in [3.05, 3.63) is 28.8 Å². The van der Waals surface area contributed by atoms with Crippen molar-refractivity contribution in [3.63, 3.8) is 0 Å². The van der Waals surface area contributed by atoms with Crippen molar-refractivity contribution in [1.82, 2.24) is 0 Å². The lowest BCUT2D eigenvalue weighted by Gasteiger charge is -2.12. The number of aromatic hydroxyl groups is 1. The fourth-order valence-corrected chi connectivity index (χ4v) is 1.67. The van der Waals surface area contributed by atoms with Gasteiger partial charge < -0.3 is 10.8 Å². The minimum atomic E-state index is -0.0303. The van der Waals surface area contributed by atoms with E-state index in [1.54, 1.807) is 18.2 Å². The molecule has 0 unspecified atom stereocenters. The highest BCUT2D eigenvalue weighted by Gasteiger charge is 2.30. The van der Waals surface area contributed by atoms with E-state index in [-0.39, 0.29) is 11.8 Å². The van der Waals surface area contributed by atoms with Crippen molar-refractivity contribution in [2.75, 3.05) is 0 Å². The third-order valence-corrected chi connectivity index (χ3v) is 2.72. The molecule has 0 radical (unpaired) electrons. The summed E-state index contributed by atoms with van der Waals surface area (Å²) in [7, 11) is 0. The summed E-state index contributed by atoms with van der Waals surface area (Å²) in [5.41, 5.74) is 6.76. The minimum absolute atomic E-state index is 0.0303. The number of phenols is 1. The molecule has 1 fully saturated rings. The predicted molar refractivity (Wildman–Crippen MR) is 52.8 cm³/mol. The van der Waals surface area contributed by atoms with E-state index in [1.165, 1.54) is 12.8 Å². The fraction of sp³-hybridized carbons (Fsp3) is 0.400. The summed E-state index contributed by atoms with van der Waals surface area (Å²) in [6, 6.07) is 5.08. The monoisotopic (exact) mass is 197 g/mol. The lowest BCUT2D eigenvalue weighted by atomic mass is 10.0. The smallest absolute Gasteiger partial charge is 0.121 e. The molecule has 0 aromatic heterocycles. The summed E-state index contributed by atoms with van der Waals surface area (Å²) in [5, 5.41) is 10.1. The molecule has 1 aliphatic rings. The van der Waals surface area contributed by atoms with Crippen LogP contribution >= 0.6 is 11.6 Å². The van der Waals surface area contributed by atoms with E-state index in [0.717, 1.165) is 5.56 Å². The molecule has 1 saturated carbocycles. The summed E-state index contributed by atoms with van der Waals surface area (Å²) >= 11 is 5.72. The summed E-state index contributed by atoms with van der Waals surface area (Å²) in [5.74, 6) is 0.763. The molecule has 0 bridgehead atoms. The maximum Gasteiger partial charge on any atom is 0.121 e. The molecular formula is C10H12ClNO. The second-order valence-corrected chi connectivity index (χ2v) is 4.00. The second-order valence-electron chi connectivity index (χ2n) is 3.57. The van der Waals surface area contributed by atoms with E-state index in [9.17, 15) is 5.11 Å². The van der Waals surface area contributed by atoms with Crippen LogP contribution < -0.4 is 5.73 Å². The Morgan fingerprint density at radius 3 is 2.69 bits per heavy atom. The molecule has 1 aromatic carbocycles. The molecule has 3 heteroatoms. The molecule has 0 spiro atoms. The Morgan fingerprint density at radius 1 is 1.46 bits per heavy atom. The average Bonchev–Trinajstić information content (AvgIpc) is 2.85. The van der Waals surface area contributed by atoms with Gasteiger partial charge in [0.25, 0.3) is 0 Å². The van der Waals surface area contributed by atoms with Crippen LogP contribution in [0.3, 0.4) is 0 Å². The van der Waals surface area contributed by atoms with E-state index in [1.807, 2.05) is 0 Å². The van der Waals surface area contributed by atoms with Crippen molar-refractivity contribution >= 4 is 11.6 Å². The van der Waals surface area contributed by atoms with Crippen molar-refractivity contribution in [1.29, 1.82) is 0 Å². The molecule has 1 aromatic rings. The zero-order valence-corrected chi connectivity index (χ0v) is 7.96. The van der Waals surface area contributed by atoms with Crippen LogP contribution in [0, 0.1) is 5.92 Å². The van der Waals surface area contributed by atoms with Gasteiger partial charge in [-0.05, 0) is 30.9 Å². The highest BCUT2D eigenvalue weighted by molar-refractivity contribution is 6.30. The van der Waals surface area contributed by atoms with E-state index in [4.69, 9.17) is 17.3 Å². The van der Waals surface area contributed by atoms with Crippen molar-refractivity contribution in [2.24, 2.45) is 11.7 Å². The number of phenolic OH excluding ortho intramolecular Hbond substituents is 1. The van der Waals surface area contributed by atoms with Gasteiger partial charge in [0.05, 0.1) is 0 Å². The zero-order valence-electron chi connectivity index (χ0n) is 7.20. The zero-order chi connectivity index (χ0) is 9.42. The van der Waals surface area contributed by atoms with E-state index >= 15 is 0 Å². The second kappa shape index (κ2) is 3.20. The number of hydrogen-bond acceptors (Lipinski definition) is 2. The van der Waals surface area contributed by atoms with Gasteiger partial charge in [0.2, 0.25) is 0 Å². The summed E-state index contributed by atoms with van der Waals surface area (Å²) < 4.78 is 0. The summed E-state index contributed by atoms with van der Waals surface area (Å²) in [4.78, 5) is 0. The largest absolute Gasteiger partial charge is 0.508 e. The van der Waals surface area contributed by atoms with Crippen LogP contribution in [-0.2, 0) is 0 Å². The van der Waals surface area contributed by atoms with Crippen LogP contribution in [0.25, 0.3) is 0 Å². The predicted octanol–water partition coefficient (Wildman–Crippen LogP) is 2.46. The fourth-order valence-electron chi connectivity index (χ4n) is 1.51. The van der Waals surface area contributed by atoms with Gasteiger partial charge in [0, 0.05) is 16.6 Å². The van der Waals surface area contributed by atoms with Crippen LogP contribution in [-0.4, -0.2) is 5.11 Å². The third kappa shape index (κ3) is 1.79. The van der Waals surface area contributed by atoms with E-state index in [0.29, 0.717) is 10.9 Å². The molecular weight excluding hydrogens is 186 g/mol. The summed E-state index contributed by atoms with van der Waals surface area (Å²) in [6.45, 7) is 0.